The zero-order valence-electron chi connectivity index (χ0n) is 12.9. The van der Waals surface area contributed by atoms with Crippen molar-refractivity contribution in [2.45, 2.75) is 19.4 Å². The number of rotatable bonds is 8. The Morgan fingerprint density at radius 2 is 1.74 bits per heavy atom. The number of hydrogen-bond donors (Lipinski definition) is 2. The zero-order chi connectivity index (χ0) is 16.5. The number of nitrogens with two attached hydrogens (primary N) is 1. The van der Waals surface area contributed by atoms with Crippen molar-refractivity contribution in [1.82, 2.24) is 5.32 Å². The van der Waals surface area contributed by atoms with E-state index in [4.69, 9.17) is 10.5 Å². The Labute approximate surface area is 135 Å². The highest BCUT2D eigenvalue weighted by atomic mass is 19.1. The predicted molar refractivity (Wildman–Crippen MR) is 87.8 cm³/mol. The lowest BCUT2D eigenvalue weighted by molar-refractivity contribution is 0.0952. The van der Waals surface area contributed by atoms with Gasteiger partial charge in [-0.2, -0.15) is 0 Å². The van der Waals surface area contributed by atoms with Crippen LogP contribution in [0, 0.1) is 5.82 Å². The van der Waals surface area contributed by atoms with Crippen molar-refractivity contribution in [1.29, 1.82) is 0 Å². The number of hydrogen-bond acceptors (Lipinski definition) is 3. The van der Waals surface area contributed by atoms with E-state index in [1.807, 2.05) is 12.1 Å². The van der Waals surface area contributed by atoms with Gasteiger partial charge in [-0.15, -0.1) is 0 Å². The fraction of sp³-hybridized carbons (Fsp3) is 0.278. The van der Waals surface area contributed by atoms with Gasteiger partial charge in [-0.25, -0.2) is 4.39 Å². The average Bonchev–Trinajstić information content (AvgIpc) is 2.59. The van der Waals surface area contributed by atoms with Crippen LogP contribution in [0.15, 0.2) is 48.5 Å². The van der Waals surface area contributed by atoms with Gasteiger partial charge in [0.2, 0.25) is 0 Å². The van der Waals surface area contributed by atoms with Gasteiger partial charge in [0.1, 0.15) is 11.6 Å². The summed E-state index contributed by atoms with van der Waals surface area (Å²) in [7, 11) is 0. The van der Waals surface area contributed by atoms with Gasteiger partial charge in [0.25, 0.3) is 5.91 Å². The summed E-state index contributed by atoms with van der Waals surface area (Å²) in [4.78, 5) is 11.9. The zero-order valence-corrected chi connectivity index (χ0v) is 12.9. The molecule has 2 rings (SSSR count). The summed E-state index contributed by atoms with van der Waals surface area (Å²) in [6.07, 6.45) is 1.62. The molecule has 0 bridgehead atoms. The van der Waals surface area contributed by atoms with Crippen LogP contribution in [0.5, 0.6) is 5.75 Å². The Morgan fingerprint density at radius 3 is 2.39 bits per heavy atom. The fourth-order valence-electron chi connectivity index (χ4n) is 2.04. The van der Waals surface area contributed by atoms with Crippen molar-refractivity contribution in [3.63, 3.8) is 0 Å². The van der Waals surface area contributed by atoms with Gasteiger partial charge in [-0.1, -0.05) is 12.1 Å². The van der Waals surface area contributed by atoms with Gasteiger partial charge in [0.15, 0.2) is 0 Å². The third kappa shape index (κ3) is 5.71. The predicted octanol–water partition coefficient (Wildman–Crippen LogP) is 2.87. The Morgan fingerprint density at radius 1 is 1.04 bits per heavy atom. The Balaban J connectivity index is 1.61. The fourth-order valence-corrected chi connectivity index (χ4v) is 2.04. The topological polar surface area (TPSA) is 64.4 Å². The normalized spacial score (nSPS) is 10.3. The highest BCUT2D eigenvalue weighted by Gasteiger charge is 2.04. The minimum Gasteiger partial charge on any atom is -0.494 e. The Kier molecular flexibility index (Phi) is 6.56. The third-order valence-corrected chi connectivity index (χ3v) is 3.39. The van der Waals surface area contributed by atoms with Crippen LogP contribution in [0.4, 0.5) is 4.39 Å². The first-order valence-electron chi connectivity index (χ1n) is 7.64. The second-order valence-electron chi connectivity index (χ2n) is 5.17. The average molecular weight is 316 g/mol. The van der Waals surface area contributed by atoms with Crippen molar-refractivity contribution in [2.24, 2.45) is 5.73 Å². The summed E-state index contributed by atoms with van der Waals surface area (Å²) < 4.78 is 18.2. The molecule has 0 aliphatic heterocycles. The number of benzene rings is 2. The molecule has 0 saturated heterocycles. The Hall–Kier alpha value is -2.40. The number of halogens is 1. The molecule has 0 saturated carbocycles. The molecule has 23 heavy (non-hydrogen) atoms. The van der Waals surface area contributed by atoms with Crippen LogP contribution in [-0.2, 0) is 6.54 Å². The van der Waals surface area contributed by atoms with Crippen molar-refractivity contribution >= 4 is 5.91 Å². The SMILES string of the molecule is NCc1ccc(C(=O)NCCCCOc2ccc(F)cc2)cc1. The molecule has 2 aromatic carbocycles. The van der Waals surface area contributed by atoms with Crippen molar-refractivity contribution in [3.05, 3.63) is 65.5 Å². The van der Waals surface area contributed by atoms with E-state index in [9.17, 15) is 9.18 Å². The van der Waals surface area contributed by atoms with Crippen LogP contribution >= 0.6 is 0 Å². The Bertz CT molecular complexity index is 612. The summed E-state index contributed by atoms with van der Waals surface area (Å²) >= 11 is 0. The van der Waals surface area contributed by atoms with Gasteiger partial charge < -0.3 is 15.8 Å². The van der Waals surface area contributed by atoms with Crippen LogP contribution in [0.25, 0.3) is 0 Å². The smallest absolute Gasteiger partial charge is 0.251 e. The third-order valence-electron chi connectivity index (χ3n) is 3.39. The molecule has 0 spiro atoms. The quantitative estimate of drug-likeness (QED) is 0.736. The molecule has 0 heterocycles. The second-order valence-corrected chi connectivity index (χ2v) is 5.17. The molecule has 0 aliphatic rings. The van der Waals surface area contributed by atoms with Gasteiger partial charge in [0.05, 0.1) is 6.61 Å². The van der Waals surface area contributed by atoms with E-state index < -0.39 is 0 Å². The first-order valence-corrected chi connectivity index (χ1v) is 7.64. The molecule has 4 nitrogen and oxygen atoms in total. The lowest BCUT2D eigenvalue weighted by atomic mass is 10.1. The molecule has 3 N–H and O–H groups in total. The van der Waals surface area contributed by atoms with Gasteiger partial charge >= 0.3 is 0 Å². The van der Waals surface area contributed by atoms with Crippen LogP contribution < -0.4 is 15.8 Å². The highest BCUT2D eigenvalue weighted by molar-refractivity contribution is 5.94. The second kappa shape index (κ2) is 8.90. The molecule has 122 valence electrons. The largest absolute Gasteiger partial charge is 0.494 e. The van der Waals surface area contributed by atoms with E-state index in [1.165, 1.54) is 12.1 Å². The number of carbonyl (C=O) groups excluding carboxylic acids is 1. The van der Waals surface area contributed by atoms with E-state index in [2.05, 4.69) is 5.32 Å². The maximum atomic E-state index is 12.7. The van der Waals surface area contributed by atoms with E-state index in [0.29, 0.717) is 31.0 Å². The number of ether oxygens (including phenoxy) is 1. The van der Waals surface area contributed by atoms with E-state index in [1.54, 1.807) is 24.3 Å². The van der Waals surface area contributed by atoms with E-state index in [0.717, 1.165) is 18.4 Å². The maximum absolute atomic E-state index is 12.7. The minimum absolute atomic E-state index is 0.0898. The number of unbranched alkanes of at least 4 members (excludes halogenated alkanes) is 1. The van der Waals surface area contributed by atoms with Crippen LogP contribution in [0.3, 0.4) is 0 Å². The van der Waals surface area contributed by atoms with Crippen molar-refractivity contribution in [2.75, 3.05) is 13.2 Å². The monoisotopic (exact) mass is 316 g/mol. The number of carbonyl (C=O) groups is 1. The van der Waals surface area contributed by atoms with Crippen molar-refractivity contribution < 1.29 is 13.9 Å². The molecule has 0 fully saturated rings. The summed E-state index contributed by atoms with van der Waals surface area (Å²) in [5, 5.41) is 2.87. The maximum Gasteiger partial charge on any atom is 0.251 e. The van der Waals surface area contributed by atoms with Crippen LogP contribution in [0.1, 0.15) is 28.8 Å². The standard InChI is InChI=1S/C18H21FN2O2/c19-16-7-9-17(10-8-16)23-12-2-1-11-21-18(22)15-5-3-14(13-20)4-6-15/h3-10H,1-2,11-13,20H2,(H,21,22). The van der Waals surface area contributed by atoms with Gasteiger partial charge in [-0.3, -0.25) is 4.79 Å². The van der Waals surface area contributed by atoms with E-state index >= 15 is 0 Å². The first kappa shape index (κ1) is 17.0. The highest BCUT2D eigenvalue weighted by Crippen LogP contribution is 2.11. The molecule has 0 unspecified atom stereocenters. The van der Waals surface area contributed by atoms with Gasteiger partial charge in [0, 0.05) is 18.7 Å². The molecular formula is C18H21FN2O2. The van der Waals surface area contributed by atoms with Crippen LogP contribution in [-0.4, -0.2) is 19.1 Å². The molecule has 2 aromatic rings. The summed E-state index contributed by atoms with van der Waals surface area (Å²) in [5.41, 5.74) is 7.15. The summed E-state index contributed by atoms with van der Waals surface area (Å²) in [6.45, 7) is 1.59. The summed E-state index contributed by atoms with van der Waals surface area (Å²) in [5.74, 6) is 0.281. The first-order chi connectivity index (χ1) is 11.2. The van der Waals surface area contributed by atoms with E-state index in [-0.39, 0.29) is 11.7 Å². The molecule has 5 heteroatoms. The molecular weight excluding hydrogens is 295 g/mol. The molecule has 0 aromatic heterocycles. The van der Waals surface area contributed by atoms with Gasteiger partial charge in [-0.05, 0) is 54.8 Å². The molecule has 0 atom stereocenters. The molecule has 1 amide bonds. The van der Waals surface area contributed by atoms with Crippen LogP contribution in [0.2, 0.25) is 0 Å². The van der Waals surface area contributed by atoms with Crippen molar-refractivity contribution in [3.8, 4) is 5.75 Å². The lowest BCUT2D eigenvalue weighted by Crippen LogP contribution is -2.24. The number of amides is 1. The molecule has 0 radical (unpaired) electrons. The summed E-state index contributed by atoms with van der Waals surface area (Å²) in [6, 6.07) is 13.2. The minimum atomic E-state index is -0.278. The lowest BCUT2D eigenvalue weighted by Gasteiger charge is -2.07. The molecule has 0 aliphatic carbocycles. The number of nitrogens with one attached hydrogen (secondary N) is 1.